The molecule has 2 aliphatic rings. The van der Waals surface area contributed by atoms with E-state index in [0.717, 1.165) is 68.1 Å². The van der Waals surface area contributed by atoms with Crippen LogP contribution in [-0.2, 0) is 0 Å². The number of halogens is 1. The molecule has 0 saturated carbocycles. The third-order valence-corrected chi connectivity index (χ3v) is 5.73. The van der Waals surface area contributed by atoms with Gasteiger partial charge in [-0.1, -0.05) is 30.3 Å². The first-order valence-electron chi connectivity index (χ1n) is 10.3. The van der Waals surface area contributed by atoms with Gasteiger partial charge in [0.1, 0.15) is 5.75 Å². The van der Waals surface area contributed by atoms with Gasteiger partial charge in [0, 0.05) is 56.4 Å². The number of piperazine rings is 1. The van der Waals surface area contributed by atoms with Crippen molar-refractivity contribution < 1.29 is 9.53 Å². The molecule has 2 heterocycles. The molecule has 2 aromatic rings. The number of hydrogen-bond acceptors (Lipinski definition) is 4. The van der Waals surface area contributed by atoms with Crippen LogP contribution >= 0.6 is 12.4 Å². The lowest BCUT2D eigenvalue weighted by atomic mass is 10.0. The third-order valence-electron chi connectivity index (χ3n) is 5.73. The predicted octanol–water partition coefficient (Wildman–Crippen LogP) is 3.29. The Labute approximate surface area is 179 Å². The van der Waals surface area contributed by atoms with Crippen LogP contribution in [0.25, 0.3) is 11.1 Å². The van der Waals surface area contributed by atoms with Crippen LogP contribution in [0.3, 0.4) is 0 Å². The van der Waals surface area contributed by atoms with Crippen molar-refractivity contribution in [3.05, 3.63) is 54.1 Å². The zero-order chi connectivity index (χ0) is 19.3. The molecule has 0 aliphatic carbocycles. The number of nitrogens with one attached hydrogen (secondary N) is 1. The first kappa shape index (κ1) is 21.6. The molecule has 0 aromatic heterocycles. The highest BCUT2D eigenvalue weighted by Crippen LogP contribution is 2.31. The van der Waals surface area contributed by atoms with Crippen molar-refractivity contribution in [2.24, 2.45) is 0 Å². The number of nitrogens with zero attached hydrogens (tertiary/aromatic N) is 2. The van der Waals surface area contributed by atoms with E-state index < -0.39 is 0 Å². The first-order chi connectivity index (χ1) is 13.8. The summed E-state index contributed by atoms with van der Waals surface area (Å²) in [5, 5.41) is 3.40. The Morgan fingerprint density at radius 3 is 2.69 bits per heavy atom. The summed E-state index contributed by atoms with van der Waals surface area (Å²) >= 11 is 0. The Bertz CT molecular complexity index is 823. The molecule has 0 spiro atoms. The van der Waals surface area contributed by atoms with Gasteiger partial charge in [-0.05, 0) is 37.1 Å². The number of amides is 1. The van der Waals surface area contributed by atoms with Gasteiger partial charge in [0.05, 0.1) is 6.61 Å². The summed E-state index contributed by atoms with van der Waals surface area (Å²) < 4.78 is 5.77. The summed E-state index contributed by atoms with van der Waals surface area (Å²) in [6.07, 6.45) is 1.07. The number of carbonyl (C=O) groups excluding carboxylic acids is 1. The van der Waals surface area contributed by atoms with Crippen LogP contribution < -0.4 is 10.1 Å². The van der Waals surface area contributed by atoms with Crippen LogP contribution in [-0.4, -0.2) is 67.6 Å². The Hall–Kier alpha value is -2.08. The van der Waals surface area contributed by atoms with E-state index >= 15 is 0 Å². The zero-order valence-corrected chi connectivity index (χ0v) is 17.8. The minimum atomic E-state index is 0. The lowest BCUT2D eigenvalue weighted by Gasteiger charge is -2.32. The second-order valence-corrected chi connectivity index (χ2v) is 7.49. The maximum atomic E-state index is 13.1. The fourth-order valence-electron chi connectivity index (χ4n) is 4.26. The van der Waals surface area contributed by atoms with E-state index in [2.05, 4.69) is 10.2 Å². The molecule has 1 atom stereocenters. The quantitative estimate of drug-likeness (QED) is 0.813. The highest BCUT2D eigenvalue weighted by Gasteiger charge is 2.31. The van der Waals surface area contributed by atoms with Crippen molar-refractivity contribution in [1.29, 1.82) is 0 Å². The number of rotatable bonds is 5. The molecule has 0 bridgehead atoms. The van der Waals surface area contributed by atoms with E-state index in [1.54, 1.807) is 0 Å². The summed E-state index contributed by atoms with van der Waals surface area (Å²) in [7, 11) is 0. The number of para-hydroxylation sites is 1. The number of carbonyl (C=O) groups is 1. The Morgan fingerprint density at radius 1 is 1.10 bits per heavy atom. The minimum Gasteiger partial charge on any atom is -0.493 e. The van der Waals surface area contributed by atoms with Crippen molar-refractivity contribution in [1.82, 2.24) is 15.1 Å². The molecule has 4 rings (SSSR count). The fourth-order valence-corrected chi connectivity index (χ4v) is 4.26. The minimum absolute atomic E-state index is 0. The molecule has 2 aromatic carbocycles. The van der Waals surface area contributed by atoms with Gasteiger partial charge in [-0.25, -0.2) is 0 Å². The number of likely N-dealkylation sites (tertiary alicyclic amines) is 1. The fraction of sp³-hybridized carbons (Fsp3) is 0.435. The lowest BCUT2D eigenvalue weighted by Crippen LogP contribution is -2.49. The van der Waals surface area contributed by atoms with Crippen LogP contribution in [0.15, 0.2) is 48.5 Å². The second-order valence-electron chi connectivity index (χ2n) is 7.49. The van der Waals surface area contributed by atoms with Crippen molar-refractivity contribution >= 4 is 18.3 Å². The maximum Gasteiger partial charge on any atom is 0.253 e. The van der Waals surface area contributed by atoms with Crippen LogP contribution in [0.4, 0.5) is 0 Å². The highest BCUT2D eigenvalue weighted by molar-refractivity contribution is 5.96. The van der Waals surface area contributed by atoms with Crippen LogP contribution in [0.5, 0.6) is 5.75 Å². The molecule has 1 N–H and O–H groups in total. The molecule has 29 heavy (non-hydrogen) atoms. The van der Waals surface area contributed by atoms with Crippen molar-refractivity contribution in [3.8, 4) is 16.9 Å². The molecule has 1 amide bonds. The van der Waals surface area contributed by atoms with Gasteiger partial charge in [0.2, 0.25) is 0 Å². The summed E-state index contributed by atoms with van der Waals surface area (Å²) in [5.41, 5.74) is 2.80. The third kappa shape index (κ3) is 4.92. The van der Waals surface area contributed by atoms with Crippen LogP contribution in [0.1, 0.15) is 23.7 Å². The van der Waals surface area contributed by atoms with Gasteiger partial charge in [-0.3, -0.25) is 9.69 Å². The lowest BCUT2D eigenvalue weighted by molar-refractivity contribution is 0.0773. The van der Waals surface area contributed by atoms with Gasteiger partial charge >= 0.3 is 0 Å². The molecule has 6 heteroatoms. The Balaban J connectivity index is 0.00000240. The summed E-state index contributed by atoms with van der Waals surface area (Å²) in [5.74, 6) is 0.989. The molecule has 2 fully saturated rings. The van der Waals surface area contributed by atoms with Crippen LogP contribution in [0.2, 0.25) is 0 Å². The van der Waals surface area contributed by atoms with Crippen LogP contribution in [0, 0.1) is 0 Å². The highest BCUT2D eigenvalue weighted by atomic mass is 35.5. The molecule has 156 valence electrons. The van der Waals surface area contributed by atoms with E-state index in [-0.39, 0.29) is 18.3 Å². The average molecular weight is 416 g/mol. The molecule has 1 unspecified atom stereocenters. The Kier molecular flexibility index (Phi) is 7.53. The van der Waals surface area contributed by atoms with Gasteiger partial charge in [0.15, 0.2) is 0 Å². The zero-order valence-electron chi connectivity index (χ0n) is 17.0. The van der Waals surface area contributed by atoms with Gasteiger partial charge in [-0.15, -0.1) is 12.4 Å². The smallest absolute Gasteiger partial charge is 0.253 e. The normalized spacial score (nSPS) is 19.6. The summed E-state index contributed by atoms with van der Waals surface area (Å²) in [6.45, 7) is 8.53. The van der Waals surface area contributed by atoms with E-state index in [4.69, 9.17) is 4.74 Å². The molecule has 2 saturated heterocycles. The van der Waals surface area contributed by atoms with E-state index in [1.165, 1.54) is 0 Å². The van der Waals surface area contributed by atoms with E-state index in [1.807, 2.05) is 60.4 Å². The molecule has 5 nitrogen and oxygen atoms in total. The van der Waals surface area contributed by atoms with E-state index in [0.29, 0.717) is 12.6 Å². The van der Waals surface area contributed by atoms with Gasteiger partial charge in [0.25, 0.3) is 5.91 Å². The Morgan fingerprint density at radius 2 is 1.90 bits per heavy atom. The summed E-state index contributed by atoms with van der Waals surface area (Å²) in [6, 6.07) is 16.4. The SMILES string of the molecule is CCOc1ccccc1-c1cccc(C(=O)N2CCC(N3CCNCC3)C2)c1.Cl. The monoisotopic (exact) mass is 415 g/mol. The van der Waals surface area contributed by atoms with Crippen molar-refractivity contribution in [2.75, 3.05) is 45.9 Å². The topological polar surface area (TPSA) is 44.8 Å². The standard InChI is InChI=1S/C23H29N3O2.ClH/c1-2-28-22-9-4-3-8-21(22)18-6-5-7-19(16-18)23(27)26-13-10-20(17-26)25-14-11-24-12-15-25;/h3-9,16,20,24H,2,10-15,17H2,1H3;1H. The average Bonchev–Trinajstić information content (AvgIpc) is 3.25. The molecular weight excluding hydrogens is 386 g/mol. The van der Waals surface area contributed by atoms with Crippen molar-refractivity contribution in [2.45, 2.75) is 19.4 Å². The molecular formula is C23H30ClN3O2. The predicted molar refractivity (Wildman–Crippen MR) is 119 cm³/mol. The maximum absolute atomic E-state index is 13.1. The summed E-state index contributed by atoms with van der Waals surface area (Å²) in [4.78, 5) is 17.7. The van der Waals surface area contributed by atoms with Gasteiger partial charge in [-0.2, -0.15) is 0 Å². The second kappa shape index (κ2) is 10.1. The molecule has 2 aliphatic heterocycles. The van der Waals surface area contributed by atoms with E-state index in [9.17, 15) is 4.79 Å². The number of benzene rings is 2. The first-order valence-corrected chi connectivity index (χ1v) is 10.3. The molecule has 0 radical (unpaired) electrons. The number of hydrogen-bond donors (Lipinski definition) is 1. The number of ether oxygens (including phenoxy) is 1. The van der Waals surface area contributed by atoms with Gasteiger partial charge < -0.3 is 15.0 Å². The van der Waals surface area contributed by atoms with Crippen molar-refractivity contribution in [3.63, 3.8) is 0 Å². The largest absolute Gasteiger partial charge is 0.493 e.